The lowest BCUT2D eigenvalue weighted by molar-refractivity contribution is 0.768. The standard InChI is InChI=1S/C38H29N/c1-28-21-23-32(24-22-28)39(31-17-9-4-10-18-31)33-25-26-35-34-19-11-12-20-36(34)38(37(35)27-33,29-13-5-2-6-14-29)30-15-7-3-8-16-30/h2-27H,1H3. The van der Waals surface area contributed by atoms with Crippen LogP contribution in [-0.2, 0) is 5.41 Å². The van der Waals surface area contributed by atoms with Crippen LogP contribution in [0.4, 0.5) is 17.1 Å². The fraction of sp³-hybridized carbons (Fsp3) is 0.0526. The molecule has 0 atom stereocenters. The number of hydrogen-bond acceptors (Lipinski definition) is 1. The maximum atomic E-state index is 2.42. The molecule has 0 saturated carbocycles. The van der Waals surface area contributed by atoms with Crippen molar-refractivity contribution in [2.75, 3.05) is 4.90 Å². The van der Waals surface area contributed by atoms with Crippen LogP contribution in [0.2, 0.25) is 0 Å². The first kappa shape index (κ1) is 23.3. The van der Waals surface area contributed by atoms with Crippen molar-refractivity contribution in [2.24, 2.45) is 0 Å². The fourth-order valence-electron chi connectivity index (χ4n) is 6.29. The normalized spacial score (nSPS) is 12.9. The molecule has 0 heterocycles. The molecule has 6 aromatic carbocycles. The van der Waals surface area contributed by atoms with E-state index >= 15 is 0 Å². The van der Waals surface area contributed by atoms with E-state index in [0.29, 0.717) is 0 Å². The lowest BCUT2D eigenvalue weighted by Crippen LogP contribution is -2.28. The van der Waals surface area contributed by atoms with E-state index < -0.39 is 5.41 Å². The number of nitrogens with zero attached hydrogens (tertiary/aromatic N) is 1. The summed E-state index contributed by atoms with van der Waals surface area (Å²) in [6.45, 7) is 2.14. The average molecular weight is 500 g/mol. The van der Waals surface area contributed by atoms with Crippen LogP contribution in [0, 0.1) is 6.92 Å². The van der Waals surface area contributed by atoms with Gasteiger partial charge in [-0.3, -0.25) is 0 Å². The Morgan fingerprint density at radius 1 is 0.410 bits per heavy atom. The summed E-state index contributed by atoms with van der Waals surface area (Å²) in [6.07, 6.45) is 0. The Morgan fingerprint density at radius 3 is 1.54 bits per heavy atom. The number of benzene rings is 6. The molecular weight excluding hydrogens is 470 g/mol. The summed E-state index contributed by atoms with van der Waals surface area (Å²) in [5.41, 5.74) is 12.1. The number of anilines is 3. The molecule has 1 aliphatic carbocycles. The lowest BCUT2D eigenvalue weighted by Gasteiger charge is -2.35. The van der Waals surface area contributed by atoms with Crippen LogP contribution in [0.15, 0.2) is 158 Å². The number of para-hydroxylation sites is 1. The monoisotopic (exact) mass is 499 g/mol. The highest BCUT2D eigenvalue weighted by Crippen LogP contribution is 2.57. The summed E-state index contributed by atoms with van der Waals surface area (Å²) in [5, 5.41) is 0. The molecule has 1 nitrogen and oxygen atoms in total. The molecule has 0 unspecified atom stereocenters. The number of fused-ring (bicyclic) bond motifs is 3. The summed E-state index contributed by atoms with van der Waals surface area (Å²) in [6, 6.07) is 57.4. The van der Waals surface area contributed by atoms with Gasteiger partial charge < -0.3 is 4.90 Å². The van der Waals surface area contributed by atoms with Gasteiger partial charge in [0.05, 0.1) is 5.41 Å². The van der Waals surface area contributed by atoms with Crippen molar-refractivity contribution < 1.29 is 0 Å². The van der Waals surface area contributed by atoms with Crippen LogP contribution in [0.1, 0.15) is 27.8 Å². The SMILES string of the molecule is Cc1ccc(N(c2ccccc2)c2ccc3c(c2)C(c2ccccc2)(c2ccccc2)c2ccccc2-3)cc1. The van der Waals surface area contributed by atoms with Crippen LogP contribution in [0.25, 0.3) is 11.1 Å². The van der Waals surface area contributed by atoms with Crippen molar-refractivity contribution in [1.82, 2.24) is 0 Å². The lowest BCUT2D eigenvalue weighted by atomic mass is 9.67. The van der Waals surface area contributed by atoms with Gasteiger partial charge in [-0.2, -0.15) is 0 Å². The van der Waals surface area contributed by atoms with E-state index in [2.05, 4.69) is 170 Å². The first-order chi connectivity index (χ1) is 19.3. The van der Waals surface area contributed by atoms with Gasteiger partial charge in [-0.1, -0.05) is 127 Å². The number of aryl methyl sites for hydroxylation is 1. The van der Waals surface area contributed by atoms with Crippen LogP contribution in [0.3, 0.4) is 0 Å². The van der Waals surface area contributed by atoms with Crippen LogP contribution in [0.5, 0.6) is 0 Å². The van der Waals surface area contributed by atoms with Gasteiger partial charge in [-0.15, -0.1) is 0 Å². The maximum absolute atomic E-state index is 2.42. The van der Waals surface area contributed by atoms with Gasteiger partial charge >= 0.3 is 0 Å². The summed E-state index contributed by atoms with van der Waals surface area (Å²) < 4.78 is 0. The average Bonchev–Trinajstić information content (AvgIpc) is 3.30. The van der Waals surface area contributed by atoms with Gasteiger partial charge in [0.1, 0.15) is 0 Å². The maximum Gasteiger partial charge on any atom is 0.0714 e. The quantitative estimate of drug-likeness (QED) is 0.228. The molecule has 0 amide bonds. The Hall–Kier alpha value is -4.88. The molecule has 186 valence electrons. The molecule has 39 heavy (non-hydrogen) atoms. The molecule has 0 N–H and O–H groups in total. The molecule has 0 fully saturated rings. The molecule has 1 aliphatic rings. The van der Waals surface area contributed by atoms with Gasteiger partial charge in [0.15, 0.2) is 0 Å². The molecule has 0 aliphatic heterocycles. The predicted octanol–water partition coefficient (Wildman–Crippen LogP) is 9.83. The van der Waals surface area contributed by atoms with Crippen LogP contribution >= 0.6 is 0 Å². The molecule has 0 saturated heterocycles. The minimum absolute atomic E-state index is 0.417. The first-order valence-electron chi connectivity index (χ1n) is 13.5. The second-order valence-electron chi connectivity index (χ2n) is 10.3. The zero-order valence-electron chi connectivity index (χ0n) is 22.0. The Labute approximate surface area is 230 Å². The Kier molecular flexibility index (Phi) is 5.64. The Bertz CT molecular complexity index is 1700. The third-order valence-electron chi connectivity index (χ3n) is 8.01. The zero-order valence-corrected chi connectivity index (χ0v) is 22.0. The van der Waals surface area contributed by atoms with E-state index in [1.54, 1.807) is 0 Å². The third-order valence-corrected chi connectivity index (χ3v) is 8.01. The Morgan fingerprint density at radius 2 is 0.897 bits per heavy atom. The minimum Gasteiger partial charge on any atom is -0.310 e. The highest BCUT2D eigenvalue weighted by Gasteiger charge is 2.46. The zero-order chi connectivity index (χ0) is 26.2. The van der Waals surface area contributed by atoms with Crippen molar-refractivity contribution in [2.45, 2.75) is 12.3 Å². The van der Waals surface area contributed by atoms with E-state index in [9.17, 15) is 0 Å². The summed E-state index contributed by atoms with van der Waals surface area (Å²) >= 11 is 0. The molecule has 0 radical (unpaired) electrons. The van der Waals surface area contributed by atoms with E-state index in [4.69, 9.17) is 0 Å². The smallest absolute Gasteiger partial charge is 0.0714 e. The van der Waals surface area contributed by atoms with Crippen molar-refractivity contribution in [1.29, 1.82) is 0 Å². The highest BCUT2D eigenvalue weighted by molar-refractivity contribution is 5.89. The third kappa shape index (κ3) is 3.70. The molecule has 1 heteroatoms. The van der Waals surface area contributed by atoms with E-state index in [1.807, 2.05) is 0 Å². The molecule has 7 rings (SSSR count). The van der Waals surface area contributed by atoms with Gasteiger partial charge in [-0.05, 0) is 76.7 Å². The Balaban J connectivity index is 1.54. The predicted molar refractivity (Wildman–Crippen MR) is 163 cm³/mol. The van der Waals surface area contributed by atoms with Crippen molar-refractivity contribution in [3.8, 4) is 11.1 Å². The van der Waals surface area contributed by atoms with Gasteiger partial charge in [0, 0.05) is 17.1 Å². The number of rotatable bonds is 5. The molecule has 6 aromatic rings. The highest BCUT2D eigenvalue weighted by atomic mass is 15.1. The topological polar surface area (TPSA) is 3.24 Å². The molecule has 0 spiro atoms. The van der Waals surface area contributed by atoms with Gasteiger partial charge in [0.25, 0.3) is 0 Å². The number of hydrogen-bond donors (Lipinski definition) is 0. The minimum atomic E-state index is -0.417. The summed E-state index contributed by atoms with van der Waals surface area (Å²) in [5.74, 6) is 0. The van der Waals surface area contributed by atoms with E-state index in [0.717, 1.165) is 17.1 Å². The fourth-order valence-corrected chi connectivity index (χ4v) is 6.29. The van der Waals surface area contributed by atoms with Gasteiger partial charge in [-0.25, -0.2) is 0 Å². The molecule has 0 aromatic heterocycles. The van der Waals surface area contributed by atoms with E-state index in [1.165, 1.54) is 38.9 Å². The first-order valence-corrected chi connectivity index (χ1v) is 13.5. The second kappa shape index (κ2) is 9.45. The van der Waals surface area contributed by atoms with Crippen LogP contribution < -0.4 is 4.90 Å². The van der Waals surface area contributed by atoms with Crippen molar-refractivity contribution >= 4 is 17.1 Å². The summed E-state index contributed by atoms with van der Waals surface area (Å²) in [7, 11) is 0. The second-order valence-corrected chi connectivity index (χ2v) is 10.3. The molecular formula is C38H29N. The molecule has 0 bridgehead atoms. The summed E-state index contributed by atoms with van der Waals surface area (Å²) in [4.78, 5) is 2.36. The van der Waals surface area contributed by atoms with Crippen molar-refractivity contribution in [3.63, 3.8) is 0 Å². The largest absolute Gasteiger partial charge is 0.310 e. The van der Waals surface area contributed by atoms with Crippen LogP contribution in [-0.4, -0.2) is 0 Å². The van der Waals surface area contributed by atoms with Crippen molar-refractivity contribution in [3.05, 3.63) is 186 Å². The van der Waals surface area contributed by atoms with E-state index in [-0.39, 0.29) is 0 Å². The van der Waals surface area contributed by atoms with Gasteiger partial charge in [0.2, 0.25) is 0 Å².